The van der Waals surface area contributed by atoms with Crippen LogP contribution in [0, 0.1) is 0 Å². The third kappa shape index (κ3) is 2.94. The van der Waals surface area contributed by atoms with E-state index in [1.165, 1.54) is 0 Å². The molecule has 1 aromatic heterocycles. The maximum Gasteiger partial charge on any atom is 0.319 e. The van der Waals surface area contributed by atoms with Crippen LogP contribution in [-0.2, 0) is 0 Å². The quantitative estimate of drug-likeness (QED) is 0.850. The summed E-state index contributed by atoms with van der Waals surface area (Å²) in [6.45, 7) is 0. The highest BCUT2D eigenvalue weighted by Crippen LogP contribution is 2.37. The van der Waals surface area contributed by atoms with Gasteiger partial charge < -0.3 is 10.6 Å². The van der Waals surface area contributed by atoms with Gasteiger partial charge in [-0.05, 0) is 48.2 Å². The molecule has 1 aromatic carbocycles. The molecule has 2 aliphatic carbocycles. The minimum atomic E-state index is -0.198. The highest BCUT2D eigenvalue weighted by molar-refractivity contribution is 5.93. The van der Waals surface area contributed by atoms with Crippen molar-refractivity contribution in [3.8, 4) is 11.4 Å². The van der Waals surface area contributed by atoms with E-state index in [1.807, 2.05) is 28.9 Å². The SMILES string of the molecule is O=C(Nc1ccccc1-c1nnnn1C1CC1)NC1CC=CC1. The van der Waals surface area contributed by atoms with Crippen LogP contribution in [0.5, 0.6) is 0 Å². The number of rotatable bonds is 4. The van der Waals surface area contributed by atoms with Crippen LogP contribution in [0.4, 0.5) is 10.5 Å². The number of carbonyl (C=O) groups excluding carboxylic acids is 1. The summed E-state index contributed by atoms with van der Waals surface area (Å²) in [5, 5.41) is 17.9. The first kappa shape index (κ1) is 13.9. The number of hydrogen-bond acceptors (Lipinski definition) is 4. The molecule has 0 atom stereocenters. The predicted molar refractivity (Wildman–Crippen MR) is 85.8 cm³/mol. The molecule has 0 saturated heterocycles. The molecule has 1 heterocycles. The van der Waals surface area contributed by atoms with E-state index in [9.17, 15) is 4.79 Å². The van der Waals surface area contributed by atoms with Crippen LogP contribution >= 0.6 is 0 Å². The number of aromatic nitrogens is 4. The molecule has 7 heteroatoms. The van der Waals surface area contributed by atoms with Crippen LogP contribution in [0.1, 0.15) is 31.7 Å². The molecule has 23 heavy (non-hydrogen) atoms. The van der Waals surface area contributed by atoms with Crippen molar-refractivity contribution in [3.63, 3.8) is 0 Å². The molecule has 0 radical (unpaired) electrons. The Hall–Kier alpha value is -2.70. The number of nitrogens with one attached hydrogen (secondary N) is 2. The van der Waals surface area contributed by atoms with Gasteiger partial charge >= 0.3 is 6.03 Å². The van der Waals surface area contributed by atoms with Crippen molar-refractivity contribution in [2.24, 2.45) is 0 Å². The zero-order chi connectivity index (χ0) is 15.6. The lowest BCUT2D eigenvalue weighted by Gasteiger charge is -2.15. The van der Waals surface area contributed by atoms with Crippen molar-refractivity contribution in [2.75, 3.05) is 5.32 Å². The van der Waals surface area contributed by atoms with Crippen LogP contribution < -0.4 is 10.6 Å². The average Bonchev–Trinajstić information content (AvgIpc) is 3.07. The smallest absolute Gasteiger partial charge is 0.319 e. The number of nitrogens with zero attached hydrogens (tertiary/aromatic N) is 4. The fourth-order valence-corrected chi connectivity index (χ4v) is 2.80. The molecular weight excluding hydrogens is 292 g/mol. The number of anilines is 1. The number of carbonyl (C=O) groups is 1. The summed E-state index contributed by atoms with van der Waals surface area (Å²) in [5.74, 6) is 0.700. The summed E-state index contributed by atoms with van der Waals surface area (Å²) >= 11 is 0. The van der Waals surface area contributed by atoms with E-state index >= 15 is 0 Å². The highest BCUT2D eigenvalue weighted by Gasteiger charge is 2.29. The molecule has 4 rings (SSSR count). The normalized spacial score (nSPS) is 17.4. The van der Waals surface area contributed by atoms with Crippen LogP contribution in [0.25, 0.3) is 11.4 Å². The van der Waals surface area contributed by atoms with Gasteiger partial charge in [0.25, 0.3) is 0 Å². The van der Waals surface area contributed by atoms with E-state index in [1.54, 1.807) is 0 Å². The van der Waals surface area contributed by atoms with Crippen molar-refractivity contribution in [2.45, 2.75) is 37.8 Å². The molecule has 7 nitrogen and oxygen atoms in total. The molecule has 2 amide bonds. The molecule has 118 valence electrons. The fourth-order valence-electron chi connectivity index (χ4n) is 2.80. The Labute approximate surface area is 133 Å². The number of benzene rings is 1. The van der Waals surface area contributed by atoms with Gasteiger partial charge in [0.15, 0.2) is 5.82 Å². The van der Waals surface area contributed by atoms with Crippen LogP contribution in [0.3, 0.4) is 0 Å². The van der Waals surface area contributed by atoms with Gasteiger partial charge in [0.05, 0.1) is 11.7 Å². The Morgan fingerprint density at radius 1 is 1.17 bits per heavy atom. The standard InChI is InChI=1S/C16H18N6O/c23-16(17-11-5-1-2-6-11)18-14-8-4-3-7-13(14)15-19-20-21-22(15)12-9-10-12/h1-4,7-8,11-12H,5-6,9-10H2,(H2,17,18,23). The van der Waals surface area contributed by atoms with Gasteiger partial charge in [0.2, 0.25) is 0 Å². The van der Waals surface area contributed by atoms with Crippen molar-refractivity contribution in [3.05, 3.63) is 36.4 Å². The van der Waals surface area contributed by atoms with Crippen molar-refractivity contribution in [1.82, 2.24) is 25.5 Å². The monoisotopic (exact) mass is 310 g/mol. The van der Waals surface area contributed by atoms with Gasteiger partial charge in [-0.1, -0.05) is 24.3 Å². The minimum Gasteiger partial charge on any atom is -0.335 e. The summed E-state index contributed by atoms with van der Waals surface area (Å²) in [4.78, 5) is 12.2. The first-order valence-corrected chi connectivity index (χ1v) is 7.91. The second-order valence-corrected chi connectivity index (χ2v) is 5.96. The fraction of sp³-hybridized carbons (Fsp3) is 0.375. The van der Waals surface area contributed by atoms with E-state index < -0.39 is 0 Å². The molecule has 2 aromatic rings. The average molecular weight is 310 g/mol. The van der Waals surface area contributed by atoms with Gasteiger partial charge in [-0.2, -0.15) is 0 Å². The first-order valence-electron chi connectivity index (χ1n) is 7.91. The van der Waals surface area contributed by atoms with E-state index in [4.69, 9.17) is 0 Å². The third-order valence-electron chi connectivity index (χ3n) is 4.14. The predicted octanol–water partition coefficient (Wildman–Crippen LogP) is 2.52. The topological polar surface area (TPSA) is 84.7 Å². The van der Waals surface area contributed by atoms with Crippen LogP contribution in [-0.4, -0.2) is 32.3 Å². The number of hydrogen-bond donors (Lipinski definition) is 2. The van der Waals surface area contributed by atoms with Gasteiger partial charge in [-0.25, -0.2) is 9.48 Å². The molecule has 0 aliphatic heterocycles. The third-order valence-corrected chi connectivity index (χ3v) is 4.14. The summed E-state index contributed by atoms with van der Waals surface area (Å²) < 4.78 is 1.85. The number of tetrazole rings is 1. The van der Waals surface area contributed by atoms with Gasteiger partial charge in [0.1, 0.15) is 0 Å². The summed E-state index contributed by atoms with van der Waals surface area (Å²) in [6, 6.07) is 7.97. The van der Waals surface area contributed by atoms with E-state index in [2.05, 4.69) is 38.3 Å². The first-order chi connectivity index (χ1) is 11.3. The largest absolute Gasteiger partial charge is 0.335 e. The van der Waals surface area contributed by atoms with Crippen LogP contribution in [0.15, 0.2) is 36.4 Å². The Kier molecular flexibility index (Phi) is 3.53. The lowest BCUT2D eigenvalue weighted by atomic mass is 10.1. The second kappa shape index (κ2) is 5.83. The molecule has 2 aliphatic rings. The van der Waals surface area contributed by atoms with Gasteiger partial charge in [0, 0.05) is 11.6 Å². The summed E-state index contributed by atoms with van der Waals surface area (Å²) in [5.41, 5.74) is 1.55. The zero-order valence-corrected chi connectivity index (χ0v) is 12.6. The molecule has 0 spiro atoms. The maximum atomic E-state index is 12.2. The van der Waals surface area contributed by atoms with E-state index in [-0.39, 0.29) is 12.1 Å². The Morgan fingerprint density at radius 3 is 2.74 bits per heavy atom. The highest BCUT2D eigenvalue weighted by atomic mass is 16.2. The molecule has 2 N–H and O–H groups in total. The number of para-hydroxylation sites is 1. The molecule has 0 bridgehead atoms. The van der Waals surface area contributed by atoms with E-state index in [0.717, 1.165) is 31.2 Å². The minimum absolute atomic E-state index is 0.180. The lowest BCUT2D eigenvalue weighted by molar-refractivity contribution is 0.249. The second-order valence-electron chi connectivity index (χ2n) is 5.96. The lowest BCUT2D eigenvalue weighted by Crippen LogP contribution is -2.36. The molecular formula is C16H18N6O. The van der Waals surface area contributed by atoms with Crippen molar-refractivity contribution < 1.29 is 4.79 Å². The number of urea groups is 1. The Morgan fingerprint density at radius 2 is 1.96 bits per heavy atom. The molecule has 1 fully saturated rings. The van der Waals surface area contributed by atoms with Crippen molar-refractivity contribution in [1.29, 1.82) is 0 Å². The zero-order valence-electron chi connectivity index (χ0n) is 12.6. The van der Waals surface area contributed by atoms with Crippen LogP contribution in [0.2, 0.25) is 0 Å². The molecule has 0 unspecified atom stereocenters. The van der Waals surface area contributed by atoms with Gasteiger partial charge in [-0.3, -0.25) is 0 Å². The van der Waals surface area contributed by atoms with Crippen molar-refractivity contribution >= 4 is 11.7 Å². The van der Waals surface area contributed by atoms with Gasteiger partial charge in [-0.15, -0.1) is 5.10 Å². The van der Waals surface area contributed by atoms with E-state index in [0.29, 0.717) is 17.6 Å². The number of amides is 2. The summed E-state index contributed by atoms with van der Waals surface area (Å²) in [7, 11) is 0. The Balaban J connectivity index is 1.54. The maximum absolute atomic E-state index is 12.2. The summed E-state index contributed by atoms with van der Waals surface area (Å²) in [6.07, 6.45) is 8.14. The Bertz CT molecular complexity index is 741. The molecule has 1 saturated carbocycles.